The Morgan fingerprint density at radius 1 is 1.36 bits per heavy atom. The predicted octanol–water partition coefficient (Wildman–Crippen LogP) is 1.57. The summed E-state index contributed by atoms with van der Waals surface area (Å²) >= 11 is 0. The molecule has 2 aliphatic rings. The molecule has 7 heteroatoms. The minimum atomic E-state index is -2.29. The lowest BCUT2D eigenvalue weighted by molar-refractivity contribution is -0.172. The van der Waals surface area contributed by atoms with Gasteiger partial charge >= 0.3 is 5.97 Å². The third-order valence-corrected chi connectivity index (χ3v) is 5.63. The number of esters is 1. The van der Waals surface area contributed by atoms with Crippen molar-refractivity contribution in [3.8, 4) is 11.4 Å². The Morgan fingerprint density at radius 3 is 3.00 bits per heavy atom. The number of pyridine rings is 2. The molecular formula is C21H18N2O5. The number of carbonyl (C=O) groups excluding carboxylic acids is 1. The van der Waals surface area contributed by atoms with Gasteiger partial charge in [-0.2, -0.15) is 0 Å². The van der Waals surface area contributed by atoms with Crippen LogP contribution in [0.3, 0.4) is 0 Å². The van der Waals surface area contributed by atoms with Crippen LogP contribution in [-0.2, 0) is 34.8 Å². The fourth-order valence-corrected chi connectivity index (χ4v) is 4.04. The second-order valence-corrected chi connectivity index (χ2v) is 7.11. The standard InChI is InChI=1S/C21H18N2O5/c1-2-21(27)15-7-17-18-13(6-12-4-3-11(9-24)5-16(12)22-18)8-23(17)19(25)14(15)10-28-20(21)26/h3-7,24,27H,2,8-10H2,1H3/t21-/m0/s1/i9D2,24D. The van der Waals surface area contributed by atoms with Gasteiger partial charge in [0, 0.05) is 16.5 Å². The zero-order chi connectivity index (χ0) is 22.1. The molecule has 0 aliphatic carbocycles. The number of benzene rings is 1. The van der Waals surface area contributed by atoms with Gasteiger partial charge in [0.1, 0.15) is 6.61 Å². The molecule has 0 spiro atoms. The van der Waals surface area contributed by atoms with Crippen LogP contribution in [0.5, 0.6) is 0 Å². The summed E-state index contributed by atoms with van der Waals surface area (Å²) in [5.41, 5.74) is 0.684. The Balaban J connectivity index is 1.73. The number of nitrogens with zero attached hydrogens (tertiary/aromatic N) is 2. The molecule has 2 aliphatic heterocycles. The Labute approximate surface area is 164 Å². The molecule has 0 bridgehead atoms. The van der Waals surface area contributed by atoms with Crippen LogP contribution in [0.25, 0.3) is 22.3 Å². The van der Waals surface area contributed by atoms with E-state index in [2.05, 4.69) is 10.1 Å². The minimum absolute atomic E-state index is 0.0608. The van der Waals surface area contributed by atoms with Gasteiger partial charge in [-0.3, -0.25) is 4.79 Å². The molecule has 0 saturated heterocycles. The average molecular weight is 381 g/mol. The first-order chi connectivity index (χ1) is 14.7. The van der Waals surface area contributed by atoms with Crippen LogP contribution in [0.15, 0.2) is 35.1 Å². The van der Waals surface area contributed by atoms with Crippen LogP contribution >= 0.6 is 0 Å². The largest absolute Gasteiger partial charge is 0.458 e. The summed E-state index contributed by atoms with van der Waals surface area (Å²) in [7, 11) is 0. The van der Waals surface area contributed by atoms with Crippen molar-refractivity contribution >= 4 is 16.9 Å². The number of carbonyl (C=O) groups is 1. The van der Waals surface area contributed by atoms with E-state index in [0.29, 0.717) is 16.9 Å². The van der Waals surface area contributed by atoms with E-state index in [1.807, 2.05) is 6.07 Å². The number of cyclic esters (lactones) is 1. The first-order valence-corrected chi connectivity index (χ1v) is 8.95. The molecule has 7 nitrogen and oxygen atoms in total. The van der Waals surface area contributed by atoms with Gasteiger partial charge in [0.15, 0.2) is 5.60 Å². The first kappa shape index (κ1) is 14.0. The average Bonchev–Trinajstić information content (AvgIpc) is 3.12. The molecule has 28 heavy (non-hydrogen) atoms. The van der Waals surface area contributed by atoms with Gasteiger partial charge < -0.3 is 19.5 Å². The molecule has 2 aromatic heterocycles. The van der Waals surface area contributed by atoms with Crippen molar-refractivity contribution in [2.75, 3.05) is 0 Å². The topological polar surface area (TPSA) is 102 Å². The van der Waals surface area contributed by atoms with E-state index < -0.39 is 18.1 Å². The SMILES string of the molecule is [2H]OC([2H])([2H])c1ccc2cc3c(nc2c1)-c1cc2c(c(=O)n1C3)COC(=O)[C@]2(O)CC. The number of hydrogen-bond donors (Lipinski definition) is 2. The van der Waals surface area contributed by atoms with Crippen LogP contribution < -0.4 is 5.56 Å². The van der Waals surface area contributed by atoms with Crippen LogP contribution in [0, 0.1) is 0 Å². The van der Waals surface area contributed by atoms with Crippen molar-refractivity contribution < 1.29 is 22.5 Å². The van der Waals surface area contributed by atoms with Crippen molar-refractivity contribution in [3.63, 3.8) is 0 Å². The summed E-state index contributed by atoms with van der Waals surface area (Å²) < 4.78 is 29.1. The van der Waals surface area contributed by atoms with Crippen molar-refractivity contribution in [2.24, 2.45) is 0 Å². The number of hydrogen-bond acceptors (Lipinski definition) is 6. The normalized spacial score (nSPS) is 21.9. The third-order valence-electron chi connectivity index (χ3n) is 5.63. The van der Waals surface area contributed by atoms with E-state index in [1.54, 1.807) is 19.1 Å². The highest BCUT2D eigenvalue weighted by Crippen LogP contribution is 2.38. The second-order valence-electron chi connectivity index (χ2n) is 7.11. The Morgan fingerprint density at radius 2 is 2.21 bits per heavy atom. The van der Waals surface area contributed by atoms with E-state index in [1.165, 1.54) is 16.7 Å². The van der Waals surface area contributed by atoms with Crippen LogP contribution in [0.2, 0.25) is 0 Å². The molecule has 3 aromatic rings. The molecule has 0 amide bonds. The fourth-order valence-electron chi connectivity index (χ4n) is 4.04. The summed E-state index contributed by atoms with van der Waals surface area (Å²) in [6.07, 6.45) is 0.0608. The van der Waals surface area contributed by atoms with Gasteiger partial charge in [0.2, 0.25) is 1.43 Å². The molecule has 1 atom stereocenters. The maximum absolute atomic E-state index is 13.1. The predicted molar refractivity (Wildman–Crippen MR) is 100 cm³/mol. The van der Waals surface area contributed by atoms with E-state index in [9.17, 15) is 14.7 Å². The van der Waals surface area contributed by atoms with Crippen molar-refractivity contribution in [1.29, 1.82) is 1.43 Å². The molecule has 142 valence electrons. The molecule has 0 unspecified atom stereocenters. The van der Waals surface area contributed by atoms with Crippen LogP contribution in [0.4, 0.5) is 0 Å². The highest BCUT2D eigenvalue weighted by atomic mass is 16.6. The molecule has 0 fully saturated rings. The number of rotatable bonds is 3. The number of aliphatic hydroxyl groups is 2. The number of aromatic nitrogens is 2. The lowest BCUT2D eigenvalue weighted by atomic mass is 9.86. The minimum Gasteiger partial charge on any atom is -0.458 e. The molecule has 1 aromatic carbocycles. The molecular weight excluding hydrogens is 360 g/mol. The van der Waals surface area contributed by atoms with E-state index >= 15 is 0 Å². The quantitative estimate of drug-likeness (QED) is 0.523. The lowest BCUT2D eigenvalue weighted by Gasteiger charge is -2.31. The van der Waals surface area contributed by atoms with E-state index in [4.69, 9.17) is 8.91 Å². The molecule has 4 heterocycles. The maximum Gasteiger partial charge on any atom is 0.343 e. The highest BCUT2D eigenvalue weighted by Gasteiger charge is 2.45. The molecule has 0 radical (unpaired) electrons. The van der Waals surface area contributed by atoms with Gasteiger partial charge in [0.05, 0.1) is 38.3 Å². The Bertz CT molecular complexity index is 1340. The van der Waals surface area contributed by atoms with E-state index in [0.717, 1.165) is 10.9 Å². The summed E-state index contributed by atoms with van der Waals surface area (Å²) in [5.74, 6) is -0.779. The van der Waals surface area contributed by atoms with Gasteiger partial charge in [-0.25, -0.2) is 9.78 Å². The first-order valence-electron chi connectivity index (χ1n) is 10.4. The van der Waals surface area contributed by atoms with Gasteiger partial charge in [-0.15, -0.1) is 0 Å². The van der Waals surface area contributed by atoms with Gasteiger partial charge in [-0.1, -0.05) is 19.1 Å². The van der Waals surface area contributed by atoms with Crippen LogP contribution in [-0.4, -0.2) is 27.2 Å². The number of ether oxygens (including phenoxy) is 1. The molecule has 2 N–H and O–H groups in total. The van der Waals surface area contributed by atoms with Crippen molar-refractivity contribution in [2.45, 2.75) is 38.7 Å². The maximum atomic E-state index is 13.1. The van der Waals surface area contributed by atoms with E-state index in [-0.39, 0.29) is 41.8 Å². The van der Waals surface area contributed by atoms with Crippen LogP contribution in [0.1, 0.15) is 38.3 Å². The van der Waals surface area contributed by atoms with Crippen molar-refractivity contribution in [3.05, 3.63) is 62.9 Å². The Kier molecular flexibility index (Phi) is 2.87. The monoisotopic (exact) mass is 381 g/mol. The highest BCUT2D eigenvalue weighted by molar-refractivity contribution is 5.86. The third kappa shape index (κ3) is 2.14. The Hall–Kier alpha value is -3.03. The summed E-state index contributed by atoms with van der Waals surface area (Å²) in [6, 6.07) is 8.22. The summed E-state index contributed by atoms with van der Waals surface area (Å²) in [6.45, 7) is -0.547. The lowest BCUT2D eigenvalue weighted by Crippen LogP contribution is -2.44. The summed E-state index contributed by atoms with van der Waals surface area (Å²) in [5, 5.41) is 15.8. The fraction of sp³-hybridized carbons (Fsp3) is 0.286. The molecule has 5 rings (SSSR count). The van der Waals surface area contributed by atoms with Gasteiger partial charge in [0.25, 0.3) is 5.56 Å². The number of fused-ring (bicyclic) bond motifs is 5. The smallest absolute Gasteiger partial charge is 0.343 e. The summed E-state index contributed by atoms with van der Waals surface area (Å²) in [4.78, 5) is 30.0. The van der Waals surface area contributed by atoms with Gasteiger partial charge in [-0.05, 0) is 30.2 Å². The second kappa shape index (κ2) is 5.73. The zero-order valence-corrected chi connectivity index (χ0v) is 15.0. The zero-order valence-electron chi connectivity index (χ0n) is 18.0. The van der Waals surface area contributed by atoms with Crippen molar-refractivity contribution in [1.82, 2.24) is 9.55 Å². The molecule has 0 saturated carbocycles.